The highest BCUT2D eigenvalue weighted by Gasteiger charge is 2.11. The number of nitrogens with zero attached hydrogens (tertiary/aromatic N) is 3. The van der Waals surface area contributed by atoms with Crippen LogP contribution < -0.4 is 14.8 Å². The molecule has 0 bridgehead atoms. The second-order valence-corrected chi connectivity index (χ2v) is 4.26. The highest BCUT2D eigenvalue weighted by atomic mass is 16.5. The van der Waals surface area contributed by atoms with Crippen molar-refractivity contribution in [2.24, 2.45) is 5.11 Å². The summed E-state index contributed by atoms with van der Waals surface area (Å²) in [5, 5.41) is 6.22. The van der Waals surface area contributed by atoms with Gasteiger partial charge in [0, 0.05) is 22.2 Å². The number of nitrogens with one attached hydrogen (secondary N) is 1. The summed E-state index contributed by atoms with van der Waals surface area (Å²) in [7, 11) is 3.05. The van der Waals surface area contributed by atoms with E-state index < -0.39 is 0 Å². The van der Waals surface area contributed by atoms with Crippen molar-refractivity contribution in [1.82, 2.24) is 0 Å². The number of azide groups is 1. The summed E-state index contributed by atoms with van der Waals surface area (Å²) in [4.78, 5) is 15.0. The van der Waals surface area contributed by atoms with Crippen molar-refractivity contribution in [2.45, 2.75) is 0 Å². The third-order valence-corrected chi connectivity index (χ3v) is 2.92. The predicted octanol–water partition coefficient (Wildman–Crippen LogP) is 3.90. The van der Waals surface area contributed by atoms with E-state index in [1.165, 1.54) is 20.3 Å². The quantitative estimate of drug-likeness (QED) is 0.515. The Morgan fingerprint density at radius 2 is 2.00 bits per heavy atom. The van der Waals surface area contributed by atoms with Gasteiger partial charge in [-0.2, -0.15) is 0 Å². The van der Waals surface area contributed by atoms with Crippen LogP contribution in [0.5, 0.6) is 11.5 Å². The van der Waals surface area contributed by atoms with Crippen LogP contribution in [-0.2, 0) is 0 Å². The molecule has 7 nitrogen and oxygen atoms in total. The van der Waals surface area contributed by atoms with E-state index >= 15 is 0 Å². The van der Waals surface area contributed by atoms with Crippen LogP contribution in [0.15, 0.2) is 47.6 Å². The van der Waals surface area contributed by atoms with Crippen LogP contribution in [0.3, 0.4) is 0 Å². The Bertz CT molecular complexity index is 739. The molecular weight excluding hydrogens is 284 g/mol. The Morgan fingerprint density at radius 3 is 2.68 bits per heavy atom. The van der Waals surface area contributed by atoms with E-state index in [0.717, 1.165) is 0 Å². The molecule has 0 atom stereocenters. The minimum absolute atomic E-state index is 0.346. The van der Waals surface area contributed by atoms with Crippen LogP contribution in [0.25, 0.3) is 10.4 Å². The summed E-state index contributed by atoms with van der Waals surface area (Å²) in [6.45, 7) is 0. The fraction of sp³-hybridized carbons (Fsp3) is 0.133. The van der Waals surface area contributed by atoms with Gasteiger partial charge in [-0.05, 0) is 29.8 Å². The van der Waals surface area contributed by atoms with Gasteiger partial charge in [-0.25, -0.2) is 0 Å². The van der Waals surface area contributed by atoms with Gasteiger partial charge >= 0.3 is 0 Å². The monoisotopic (exact) mass is 298 g/mol. The Labute approximate surface area is 127 Å². The van der Waals surface area contributed by atoms with Crippen molar-refractivity contribution in [3.05, 3.63) is 58.5 Å². The van der Waals surface area contributed by atoms with Gasteiger partial charge in [-0.3, -0.25) is 4.79 Å². The maximum Gasteiger partial charge on any atom is 0.255 e. The summed E-state index contributed by atoms with van der Waals surface area (Å²) < 4.78 is 10.3. The second kappa shape index (κ2) is 7.01. The molecule has 0 spiro atoms. The van der Waals surface area contributed by atoms with Gasteiger partial charge in [-0.15, -0.1) is 0 Å². The molecule has 1 amide bonds. The lowest BCUT2D eigenvalue weighted by Crippen LogP contribution is -2.12. The molecule has 0 unspecified atom stereocenters. The number of hydrogen-bond donors (Lipinski definition) is 1. The lowest BCUT2D eigenvalue weighted by Gasteiger charge is -2.12. The van der Waals surface area contributed by atoms with Gasteiger partial charge in [0.1, 0.15) is 11.5 Å². The van der Waals surface area contributed by atoms with E-state index in [0.29, 0.717) is 28.4 Å². The van der Waals surface area contributed by atoms with E-state index in [2.05, 4.69) is 15.3 Å². The van der Waals surface area contributed by atoms with Crippen molar-refractivity contribution in [3.8, 4) is 11.5 Å². The smallest absolute Gasteiger partial charge is 0.255 e. The normalized spacial score (nSPS) is 9.55. The lowest BCUT2D eigenvalue weighted by molar-refractivity contribution is 0.102. The topological polar surface area (TPSA) is 96.3 Å². The maximum absolute atomic E-state index is 12.3. The first-order valence-electron chi connectivity index (χ1n) is 6.36. The van der Waals surface area contributed by atoms with Gasteiger partial charge in [-0.1, -0.05) is 17.2 Å². The summed E-state index contributed by atoms with van der Waals surface area (Å²) in [5.74, 6) is 0.765. The van der Waals surface area contributed by atoms with Crippen molar-refractivity contribution in [2.75, 3.05) is 19.5 Å². The molecule has 112 valence electrons. The number of carbonyl (C=O) groups is 1. The predicted molar refractivity (Wildman–Crippen MR) is 82.7 cm³/mol. The fourth-order valence-corrected chi connectivity index (χ4v) is 1.87. The molecule has 0 saturated carbocycles. The average molecular weight is 298 g/mol. The van der Waals surface area contributed by atoms with Crippen LogP contribution in [0.1, 0.15) is 10.4 Å². The molecule has 2 aromatic carbocycles. The third kappa shape index (κ3) is 3.47. The lowest BCUT2D eigenvalue weighted by atomic mass is 10.2. The Kier molecular flexibility index (Phi) is 4.85. The van der Waals surface area contributed by atoms with Crippen LogP contribution >= 0.6 is 0 Å². The average Bonchev–Trinajstić information content (AvgIpc) is 2.55. The molecule has 22 heavy (non-hydrogen) atoms. The second-order valence-electron chi connectivity index (χ2n) is 4.26. The first-order valence-corrected chi connectivity index (χ1v) is 6.36. The summed E-state index contributed by atoms with van der Waals surface area (Å²) in [6.07, 6.45) is 0. The van der Waals surface area contributed by atoms with E-state index in [4.69, 9.17) is 15.0 Å². The molecule has 2 rings (SSSR count). The number of hydrogen-bond acceptors (Lipinski definition) is 4. The summed E-state index contributed by atoms with van der Waals surface area (Å²) in [6, 6.07) is 11.5. The largest absolute Gasteiger partial charge is 0.497 e. The van der Waals surface area contributed by atoms with Gasteiger partial charge in [0.25, 0.3) is 5.91 Å². The SMILES string of the molecule is COc1ccc(OC)c(NC(=O)c2cccc(N=[N+]=[N-])c2)c1. The minimum Gasteiger partial charge on any atom is -0.497 e. The van der Waals surface area contributed by atoms with Crippen molar-refractivity contribution < 1.29 is 14.3 Å². The highest BCUT2D eigenvalue weighted by molar-refractivity contribution is 6.05. The van der Waals surface area contributed by atoms with Crippen LogP contribution in [0, 0.1) is 0 Å². The van der Waals surface area contributed by atoms with Crippen LogP contribution in [0.2, 0.25) is 0 Å². The highest BCUT2D eigenvalue weighted by Crippen LogP contribution is 2.29. The molecule has 0 heterocycles. The number of amides is 1. The molecule has 0 saturated heterocycles. The van der Waals surface area contributed by atoms with Crippen LogP contribution in [-0.4, -0.2) is 20.1 Å². The standard InChI is InChI=1S/C15H14N4O3/c1-21-12-6-7-14(22-2)13(9-12)17-15(20)10-4-3-5-11(8-10)18-19-16/h3-9H,1-2H3,(H,17,20). The molecule has 7 heteroatoms. The minimum atomic E-state index is -0.346. The maximum atomic E-state index is 12.3. The first-order chi connectivity index (χ1) is 10.7. The van der Waals surface area contributed by atoms with Crippen molar-refractivity contribution in [1.29, 1.82) is 0 Å². The van der Waals surface area contributed by atoms with E-state index in [9.17, 15) is 4.79 Å². The molecule has 0 aliphatic heterocycles. The molecule has 0 fully saturated rings. The Balaban J connectivity index is 2.28. The van der Waals surface area contributed by atoms with E-state index in [1.807, 2.05) is 0 Å². The van der Waals surface area contributed by atoms with E-state index in [-0.39, 0.29) is 5.91 Å². The molecule has 0 aromatic heterocycles. The molecular formula is C15H14N4O3. The first kappa shape index (κ1) is 15.2. The Morgan fingerprint density at radius 1 is 1.18 bits per heavy atom. The van der Waals surface area contributed by atoms with Gasteiger partial charge < -0.3 is 14.8 Å². The molecule has 0 radical (unpaired) electrons. The van der Waals surface area contributed by atoms with Gasteiger partial charge in [0.2, 0.25) is 0 Å². The van der Waals surface area contributed by atoms with Crippen molar-refractivity contribution in [3.63, 3.8) is 0 Å². The number of benzene rings is 2. The van der Waals surface area contributed by atoms with Crippen molar-refractivity contribution >= 4 is 17.3 Å². The number of ether oxygens (including phenoxy) is 2. The molecule has 1 N–H and O–H groups in total. The third-order valence-electron chi connectivity index (χ3n) is 2.92. The number of carbonyl (C=O) groups excluding carboxylic acids is 1. The Hall–Kier alpha value is -3.18. The van der Waals surface area contributed by atoms with Gasteiger partial charge in [0.05, 0.1) is 19.9 Å². The number of methoxy groups -OCH3 is 2. The summed E-state index contributed by atoms with van der Waals surface area (Å²) >= 11 is 0. The van der Waals surface area contributed by atoms with E-state index in [1.54, 1.807) is 36.4 Å². The van der Waals surface area contributed by atoms with Crippen LogP contribution in [0.4, 0.5) is 11.4 Å². The molecule has 0 aliphatic carbocycles. The zero-order valence-electron chi connectivity index (χ0n) is 12.1. The fourth-order valence-electron chi connectivity index (χ4n) is 1.87. The van der Waals surface area contributed by atoms with Gasteiger partial charge in [0.15, 0.2) is 0 Å². The zero-order chi connectivity index (χ0) is 15.9. The summed E-state index contributed by atoms with van der Waals surface area (Å²) in [5.41, 5.74) is 9.66. The number of rotatable bonds is 5. The molecule has 2 aromatic rings. The molecule has 0 aliphatic rings. The number of anilines is 1. The zero-order valence-corrected chi connectivity index (χ0v) is 12.1.